The second-order valence-electron chi connectivity index (χ2n) is 1.73. The minimum Gasteiger partial charge on any atom is -0.340 e. The van der Waals surface area contributed by atoms with Gasteiger partial charge in [-0.15, -0.1) is 0 Å². The lowest BCUT2D eigenvalue weighted by Gasteiger charge is -2.14. The summed E-state index contributed by atoms with van der Waals surface area (Å²) in [6, 6.07) is 0. The van der Waals surface area contributed by atoms with Crippen LogP contribution >= 0.6 is 22.9 Å². The number of hydrogen-bond acceptors (Lipinski definition) is 3. The van der Waals surface area contributed by atoms with Gasteiger partial charge in [-0.05, 0) is 0 Å². The Hall–Kier alpha value is -0.300. The normalized spacial score (nSPS) is 19.7. The first-order chi connectivity index (χ1) is 4.79. The van der Waals surface area contributed by atoms with E-state index in [9.17, 15) is 4.79 Å². The number of carbonyl (C=O) groups is 1. The first kappa shape index (κ1) is 7.80. The maximum absolute atomic E-state index is 10.7. The molecule has 4 nitrogen and oxygen atoms in total. The first-order valence-electron chi connectivity index (χ1n) is 2.75. The molecule has 0 saturated heterocycles. The van der Waals surface area contributed by atoms with E-state index in [1.54, 1.807) is 9.31 Å². The van der Waals surface area contributed by atoms with Crippen LogP contribution in [-0.2, 0) is 9.53 Å². The summed E-state index contributed by atoms with van der Waals surface area (Å²) in [6.45, 7) is 0.778. The fraction of sp³-hybridized carbons (Fsp3) is 0.400. The Balaban J connectivity index is 2.50. The largest absolute Gasteiger partial charge is 0.340 e. The van der Waals surface area contributed by atoms with Crippen LogP contribution in [0.25, 0.3) is 0 Å². The first-order valence-corrected chi connectivity index (χ1v) is 3.72. The van der Waals surface area contributed by atoms with Crippen LogP contribution in [0, 0.1) is 0 Å². The van der Waals surface area contributed by atoms with Gasteiger partial charge in [0, 0.05) is 12.3 Å². The summed E-state index contributed by atoms with van der Waals surface area (Å²) >= 11 is 2.05. The van der Waals surface area contributed by atoms with Crippen molar-refractivity contribution in [2.45, 2.75) is 0 Å². The van der Waals surface area contributed by atoms with Crippen LogP contribution in [0.15, 0.2) is 12.3 Å². The van der Waals surface area contributed by atoms with E-state index < -0.39 is 0 Å². The third-order valence-corrected chi connectivity index (χ3v) is 1.55. The monoisotopic (exact) mass is 254 g/mol. The van der Waals surface area contributed by atoms with E-state index in [2.05, 4.69) is 28.2 Å². The Bertz CT molecular complexity index is 160. The van der Waals surface area contributed by atoms with Crippen LogP contribution in [0.2, 0.25) is 0 Å². The van der Waals surface area contributed by atoms with E-state index in [0.717, 1.165) is 0 Å². The van der Waals surface area contributed by atoms with Crippen molar-refractivity contribution in [1.82, 2.24) is 8.43 Å². The van der Waals surface area contributed by atoms with Gasteiger partial charge >= 0.3 is 0 Å². The molecule has 0 radical (unpaired) electrons. The molecule has 1 N–H and O–H groups in total. The molecule has 56 valence electrons. The zero-order valence-corrected chi connectivity index (χ0v) is 7.37. The molecule has 0 aliphatic carbocycles. The Kier molecular flexibility index (Phi) is 2.94. The number of nitrogens with zero attached hydrogens (tertiary/aromatic N) is 1. The summed E-state index contributed by atoms with van der Waals surface area (Å²) in [4.78, 5) is 10.7. The smallest absolute Gasteiger partial charge is 0.247 e. The highest BCUT2D eigenvalue weighted by atomic mass is 127. The minimum atomic E-state index is -0.124. The average Bonchev–Trinajstić information content (AvgIpc) is 1.90. The van der Waals surface area contributed by atoms with Gasteiger partial charge in [-0.1, -0.05) is 0 Å². The van der Waals surface area contributed by atoms with E-state index in [1.165, 1.54) is 6.08 Å². The molecule has 0 atom stereocenters. The van der Waals surface area contributed by atoms with Gasteiger partial charge in [0.25, 0.3) is 0 Å². The lowest BCUT2D eigenvalue weighted by atomic mass is 10.5. The van der Waals surface area contributed by atoms with E-state index in [1.807, 2.05) is 0 Å². The van der Waals surface area contributed by atoms with E-state index in [4.69, 9.17) is 4.74 Å². The standard InChI is InChI=1S/C5H7IN2O2/c6-8-2-1-5(9)7-3-10-4-8/h1-2H,3-4H2,(H,7,9). The lowest BCUT2D eigenvalue weighted by Crippen LogP contribution is -2.28. The summed E-state index contributed by atoms with van der Waals surface area (Å²) < 4.78 is 6.75. The van der Waals surface area contributed by atoms with Gasteiger partial charge in [0.2, 0.25) is 5.91 Å². The molecule has 1 rings (SSSR count). The molecule has 1 aliphatic heterocycles. The number of rotatable bonds is 0. The highest BCUT2D eigenvalue weighted by Gasteiger charge is 2.00. The second-order valence-corrected chi connectivity index (χ2v) is 2.97. The molecule has 10 heavy (non-hydrogen) atoms. The van der Waals surface area contributed by atoms with E-state index >= 15 is 0 Å². The predicted molar refractivity (Wildman–Crippen MR) is 44.0 cm³/mol. The zero-order chi connectivity index (χ0) is 7.40. The number of ether oxygens (including phenoxy) is 1. The van der Waals surface area contributed by atoms with Crippen molar-refractivity contribution in [3.8, 4) is 0 Å². The third-order valence-electron chi connectivity index (χ3n) is 0.951. The van der Waals surface area contributed by atoms with Crippen molar-refractivity contribution < 1.29 is 9.53 Å². The predicted octanol–water partition coefficient (Wildman–Crippen LogP) is 0.214. The summed E-state index contributed by atoms with van der Waals surface area (Å²) in [5, 5.41) is 2.53. The van der Waals surface area contributed by atoms with Gasteiger partial charge in [0.1, 0.15) is 13.5 Å². The van der Waals surface area contributed by atoms with Gasteiger partial charge in [-0.25, -0.2) is 0 Å². The van der Waals surface area contributed by atoms with Crippen LogP contribution in [0.3, 0.4) is 0 Å². The van der Waals surface area contributed by atoms with Gasteiger partial charge in [-0.2, -0.15) is 0 Å². The summed E-state index contributed by atoms with van der Waals surface area (Å²) in [5.41, 5.74) is 0. The van der Waals surface area contributed by atoms with Gasteiger partial charge in [-0.3, -0.25) is 7.91 Å². The Morgan fingerprint density at radius 2 is 2.60 bits per heavy atom. The number of halogens is 1. The molecule has 0 unspecified atom stereocenters. The summed E-state index contributed by atoms with van der Waals surface area (Å²) in [6.07, 6.45) is 3.13. The van der Waals surface area contributed by atoms with E-state index in [-0.39, 0.29) is 12.6 Å². The quantitative estimate of drug-likeness (QED) is 0.496. The van der Waals surface area contributed by atoms with Gasteiger partial charge in [0.15, 0.2) is 0 Å². The fourth-order valence-corrected chi connectivity index (χ4v) is 0.863. The molecule has 0 aromatic rings. The SMILES string of the molecule is O=C1C=CN(I)COCN1. The van der Waals surface area contributed by atoms with E-state index in [0.29, 0.717) is 6.73 Å². The molecule has 0 spiro atoms. The molecule has 1 aliphatic rings. The second kappa shape index (κ2) is 3.77. The van der Waals surface area contributed by atoms with Gasteiger partial charge in [0.05, 0.1) is 22.9 Å². The van der Waals surface area contributed by atoms with Crippen LogP contribution in [0.4, 0.5) is 0 Å². The zero-order valence-electron chi connectivity index (χ0n) is 5.21. The molecule has 0 saturated carbocycles. The van der Waals surface area contributed by atoms with Gasteiger partial charge < -0.3 is 10.1 Å². The summed E-state index contributed by atoms with van der Waals surface area (Å²) in [7, 11) is 0. The maximum atomic E-state index is 10.7. The van der Waals surface area contributed by atoms with Crippen molar-refractivity contribution in [3.63, 3.8) is 0 Å². The lowest BCUT2D eigenvalue weighted by molar-refractivity contribution is -0.118. The summed E-state index contributed by atoms with van der Waals surface area (Å²) in [5.74, 6) is -0.124. The molecule has 1 heterocycles. The third kappa shape index (κ3) is 2.53. The number of carbonyl (C=O) groups excluding carboxylic acids is 1. The van der Waals surface area contributed by atoms with Crippen molar-refractivity contribution in [1.29, 1.82) is 0 Å². The van der Waals surface area contributed by atoms with Crippen LogP contribution in [-0.4, -0.2) is 22.5 Å². The molecule has 1 amide bonds. The average molecular weight is 254 g/mol. The van der Waals surface area contributed by atoms with Crippen molar-refractivity contribution in [2.75, 3.05) is 13.5 Å². The molecular weight excluding hydrogens is 247 g/mol. The molecular formula is C5H7IN2O2. The van der Waals surface area contributed by atoms with Crippen molar-refractivity contribution in [2.24, 2.45) is 0 Å². The molecule has 0 aromatic carbocycles. The number of nitrogens with one attached hydrogen (secondary N) is 1. The highest BCUT2D eigenvalue weighted by molar-refractivity contribution is 14.1. The minimum absolute atomic E-state index is 0.124. The van der Waals surface area contributed by atoms with Crippen molar-refractivity contribution in [3.05, 3.63) is 12.3 Å². The van der Waals surface area contributed by atoms with Crippen molar-refractivity contribution >= 4 is 28.8 Å². The Morgan fingerprint density at radius 3 is 3.40 bits per heavy atom. The van der Waals surface area contributed by atoms with Crippen LogP contribution in [0.1, 0.15) is 0 Å². The Morgan fingerprint density at radius 1 is 1.80 bits per heavy atom. The number of hydrogen-bond donors (Lipinski definition) is 1. The maximum Gasteiger partial charge on any atom is 0.247 e. The van der Waals surface area contributed by atoms with Crippen LogP contribution < -0.4 is 5.32 Å². The molecule has 0 fully saturated rings. The topological polar surface area (TPSA) is 41.6 Å². The number of amides is 1. The fourth-order valence-electron chi connectivity index (χ4n) is 0.506. The molecule has 0 bridgehead atoms. The molecule has 0 aromatic heterocycles. The molecule has 5 heteroatoms. The van der Waals surface area contributed by atoms with Crippen LogP contribution in [0.5, 0.6) is 0 Å². The Labute approximate surface area is 72.7 Å². The highest BCUT2D eigenvalue weighted by Crippen LogP contribution is 2.00.